The molecule has 1 fully saturated rings. The van der Waals surface area contributed by atoms with E-state index in [1.54, 1.807) is 0 Å². The molecule has 0 radical (unpaired) electrons. The third-order valence-electron chi connectivity index (χ3n) is 3.29. The van der Waals surface area contributed by atoms with Gasteiger partial charge in [-0.25, -0.2) is 0 Å². The summed E-state index contributed by atoms with van der Waals surface area (Å²) in [6, 6.07) is 0.293. The number of ether oxygens (including phenoxy) is 1. The Bertz CT molecular complexity index is 421. The number of aromatic nitrogens is 3. The van der Waals surface area contributed by atoms with E-state index in [1.165, 1.54) is 6.42 Å². The minimum absolute atomic E-state index is 0.189. The van der Waals surface area contributed by atoms with Crippen LogP contribution >= 0.6 is 0 Å². The summed E-state index contributed by atoms with van der Waals surface area (Å²) in [4.78, 5) is 12.2. The van der Waals surface area contributed by atoms with E-state index in [9.17, 15) is 0 Å². The van der Waals surface area contributed by atoms with Crippen molar-refractivity contribution < 1.29 is 4.74 Å². The van der Waals surface area contributed by atoms with Gasteiger partial charge in [-0.2, -0.15) is 15.0 Å². The lowest BCUT2D eigenvalue weighted by Gasteiger charge is -2.08. The fraction of sp³-hybridized carbons (Fsp3) is 0.750. The fourth-order valence-corrected chi connectivity index (χ4v) is 1.85. The average molecular weight is 251 g/mol. The molecule has 6 nitrogen and oxygen atoms in total. The van der Waals surface area contributed by atoms with E-state index in [4.69, 9.17) is 10.5 Å². The normalized spacial score (nSPS) is 20.5. The zero-order valence-electron chi connectivity index (χ0n) is 11.2. The molecule has 1 aliphatic rings. The Balaban J connectivity index is 1.93. The van der Waals surface area contributed by atoms with Gasteiger partial charge in [0.2, 0.25) is 11.9 Å². The first-order valence-corrected chi connectivity index (χ1v) is 6.39. The van der Waals surface area contributed by atoms with Crippen molar-refractivity contribution in [2.75, 3.05) is 24.2 Å². The third-order valence-corrected chi connectivity index (χ3v) is 3.29. The summed E-state index contributed by atoms with van der Waals surface area (Å²) in [6.45, 7) is 7.99. The molecular formula is C12H21N5O. The summed E-state index contributed by atoms with van der Waals surface area (Å²) in [6.07, 6.45) is 2.14. The molecule has 3 N–H and O–H groups in total. The van der Waals surface area contributed by atoms with Crippen LogP contribution in [0.3, 0.4) is 0 Å². The second-order valence-corrected chi connectivity index (χ2v) is 5.42. The van der Waals surface area contributed by atoms with Crippen LogP contribution < -0.4 is 15.8 Å². The van der Waals surface area contributed by atoms with Crippen LogP contribution in [0.2, 0.25) is 0 Å². The molecule has 1 saturated carbocycles. The second kappa shape index (κ2) is 4.96. The topological polar surface area (TPSA) is 86.0 Å². The predicted molar refractivity (Wildman–Crippen MR) is 70.4 cm³/mol. The molecule has 0 aliphatic heterocycles. The molecule has 0 amide bonds. The van der Waals surface area contributed by atoms with E-state index >= 15 is 0 Å². The molecule has 1 aromatic heterocycles. The van der Waals surface area contributed by atoms with Gasteiger partial charge in [0.1, 0.15) is 0 Å². The van der Waals surface area contributed by atoms with Gasteiger partial charge < -0.3 is 15.8 Å². The maximum absolute atomic E-state index is 5.62. The molecule has 1 atom stereocenters. The number of rotatable bonds is 6. The van der Waals surface area contributed by atoms with E-state index in [0.29, 0.717) is 29.9 Å². The lowest BCUT2D eigenvalue weighted by molar-refractivity contribution is 0.292. The van der Waals surface area contributed by atoms with Crippen LogP contribution in [-0.2, 0) is 0 Å². The van der Waals surface area contributed by atoms with E-state index in [2.05, 4.69) is 34.1 Å². The summed E-state index contributed by atoms with van der Waals surface area (Å²) < 4.78 is 5.36. The molecule has 100 valence electrons. The van der Waals surface area contributed by atoms with Crippen LogP contribution in [0, 0.1) is 11.3 Å². The van der Waals surface area contributed by atoms with Gasteiger partial charge in [0.15, 0.2) is 0 Å². The third kappa shape index (κ3) is 3.21. The first kappa shape index (κ1) is 12.9. The first-order chi connectivity index (χ1) is 8.51. The van der Waals surface area contributed by atoms with Gasteiger partial charge in [-0.1, -0.05) is 20.8 Å². The number of nitrogens with zero attached hydrogens (tertiary/aromatic N) is 3. The molecule has 0 aromatic carbocycles. The molecule has 0 bridgehead atoms. The van der Waals surface area contributed by atoms with Crippen molar-refractivity contribution in [3.05, 3.63) is 0 Å². The Morgan fingerprint density at radius 3 is 2.72 bits per heavy atom. The highest BCUT2D eigenvalue weighted by atomic mass is 16.5. The average Bonchev–Trinajstić information content (AvgIpc) is 2.91. The Kier molecular flexibility index (Phi) is 3.54. The van der Waals surface area contributed by atoms with Gasteiger partial charge in [0, 0.05) is 6.54 Å². The summed E-state index contributed by atoms with van der Waals surface area (Å²) in [5.41, 5.74) is 6.06. The van der Waals surface area contributed by atoms with Crippen LogP contribution in [0.25, 0.3) is 0 Å². The van der Waals surface area contributed by atoms with Crippen LogP contribution in [0.4, 0.5) is 11.9 Å². The zero-order chi connectivity index (χ0) is 13.2. The monoisotopic (exact) mass is 251 g/mol. The van der Waals surface area contributed by atoms with Crippen molar-refractivity contribution in [3.8, 4) is 6.01 Å². The first-order valence-electron chi connectivity index (χ1n) is 6.39. The maximum atomic E-state index is 5.62. The summed E-state index contributed by atoms with van der Waals surface area (Å²) in [5, 5.41) is 3.20. The van der Waals surface area contributed by atoms with E-state index in [0.717, 1.165) is 13.0 Å². The molecule has 2 rings (SSSR count). The number of hydrogen-bond acceptors (Lipinski definition) is 6. The van der Waals surface area contributed by atoms with Gasteiger partial charge in [0.25, 0.3) is 0 Å². The van der Waals surface area contributed by atoms with Crippen molar-refractivity contribution in [1.29, 1.82) is 0 Å². The van der Waals surface area contributed by atoms with Crippen LogP contribution in [0.1, 0.15) is 33.6 Å². The van der Waals surface area contributed by atoms with E-state index in [1.807, 2.05) is 6.92 Å². The van der Waals surface area contributed by atoms with Crippen LogP contribution in [-0.4, -0.2) is 28.1 Å². The predicted octanol–water partition coefficient (Wildman–Crippen LogP) is 1.70. The number of nitrogen functional groups attached to an aromatic ring is 1. The van der Waals surface area contributed by atoms with Crippen molar-refractivity contribution in [2.24, 2.45) is 11.3 Å². The maximum Gasteiger partial charge on any atom is 0.323 e. The Morgan fingerprint density at radius 1 is 1.39 bits per heavy atom. The lowest BCUT2D eigenvalue weighted by Crippen LogP contribution is -2.12. The zero-order valence-corrected chi connectivity index (χ0v) is 11.2. The minimum atomic E-state index is 0.189. The Morgan fingerprint density at radius 2 is 2.11 bits per heavy atom. The molecule has 1 unspecified atom stereocenters. The van der Waals surface area contributed by atoms with Crippen molar-refractivity contribution in [3.63, 3.8) is 0 Å². The largest absolute Gasteiger partial charge is 0.463 e. The summed E-state index contributed by atoms with van der Waals surface area (Å²) in [7, 11) is 0. The summed E-state index contributed by atoms with van der Waals surface area (Å²) >= 11 is 0. The molecule has 6 heteroatoms. The molecule has 1 aromatic rings. The minimum Gasteiger partial charge on any atom is -0.463 e. The lowest BCUT2D eigenvalue weighted by atomic mass is 10.1. The standard InChI is InChI=1S/C12H21N5O/c1-4-5-18-11-16-9(13)15-10(17-11)14-7-8-6-12(8,2)3/h8H,4-7H2,1-3H3,(H3,13,14,15,16,17). The van der Waals surface area contributed by atoms with E-state index in [-0.39, 0.29) is 5.95 Å². The highest BCUT2D eigenvalue weighted by Gasteiger charge is 2.45. The van der Waals surface area contributed by atoms with Gasteiger partial charge in [0.05, 0.1) is 6.61 Å². The van der Waals surface area contributed by atoms with Crippen molar-refractivity contribution in [2.45, 2.75) is 33.6 Å². The Hall–Kier alpha value is -1.59. The number of nitrogens with two attached hydrogens (primary N) is 1. The molecule has 0 spiro atoms. The van der Waals surface area contributed by atoms with Crippen LogP contribution in [0.15, 0.2) is 0 Å². The van der Waals surface area contributed by atoms with Crippen LogP contribution in [0.5, 0.6) is 6.01 Å². The van der Waals surface area contributed by atoms with Gasteiger partial charge in [-0.3, -0.25) is 0 Å². The molecule has 1 heterocycles. The van der Waals surface area contributed by atoms with E-state index < -0.39 is 0 Å². The number of nitrogens with one attached hydrogen (secondary N) is 1. The van der Waals surface area contributed by atoms with Gasteiger partial charge >= 0.3 is 6.01 Å². The molecule has 18 heavy (non-hydrogen) atoms. The molecular weight excluding hydrogens is 230 g/mol. The SMILES string of the molecule is CCCOc1nc(N)nc(NCC2CC2(C)C)n1. The van der Waals surface area contributed by atoms with Crippen molar-refractivity contribution in [1.82, 2.24) is 15.0 Å². The smallest absolute Gasteiger partial charge is 0.323 e. The molecule has 1 aliphatic carbocycles. The summed E-state index contributed by atoms with van der Waals surface area (Å²) in [5.74, 6) is 1.36. The quantitative estimate of drug-likeness (QED) is 0.800. The Labute approximate surface area is 107 Å². The van der Waals surface area contributed by atoms with Crippen molar-refractivity contribution >= 4 is 11.9 Å². The fourth-order valence-electron chi connectivity index (χ4n) is 1.85. The second-order valence-electron chi connectivity index (χ2n) is 5.42. The van der Waals surface area contributed by atoms with Gasteiger partial charge in [-0.15, -0.1) is 0 Å². The highest BCUT2D eigenvalue weighted by molar-refractivity contribution is 5.33. The number of anilines is 2. The highest BCUT2D eigenvalue weighted by Crippen LogP contribution is 2.51. The number of hydrogen-bond donors (Lipinski definition) is 2. The molecule has 0 saturated heterocycles. The van der Waals surface area contributed by atoms with Gasteiger partial charge in [-0.05, 0) is 24.2 Å².